The Labute approximate surface area is 128 Å². The first-order chi connectivity index (χ1) is 10.5. The molecule has 0 bridgehead atoms. The van der Waals surface area contributed by atoms with Crippen LogP contribution in [-0.2, 0) is 4.79 Å². The van der Waals surface area contributed by atoms with Crippen LogP contribution in [0.4, 0.5) is 11.4 Å². The van der Waals surface area contributed by atoms with E-state index in [4.69, 9.17) is 21.1 Å². The van der Waals surface area contributed by atoms with Crippen LogP contribution in [0, 0.1) is 16.7 Å². The molecule has 0 aromatic heterocycles. The Morgan fingerprint density at radius 2 is 2.23 bits per heavy atom. The Kier molecular flexibility index (Phi) is 6.37. The van der Waals surface area contributed by atoms with E-state index in [1.165, 1.54) is 7.11 Å². The molecule has 1 amide bonds. The van der Waals surface area contributed by atoms with Gasteiger partial charge in [-0.3, -0.25) is 15.6 Å². The summed E-state index contributed by atoms with van der Waals surface area (Å²) in [6.45, 7) is 1.91. The number of ether oxygens (including phenoxy) is 1. The lowest BCUT2D eigenvalue weighted by molar-refractivity contribution is -0.116. The number of amides is 1. The van der Waals surface area contributed by atoms with Gasteiger partial charge in [-0.1, -0.05) is 6.92 Å². The fourth-order valence-electron chi connectivity index (χ4n) is 1.55. The zero-order valence-corrected chi connectivity index (χ0v) is 12.4. The number of nitriles is 1. The molecule has 8 nitrogen and oxygen atoms in total. The number of hydrogen-bond donors (Lipinski definition) is 4. The molecule has 0 saturated carbocycles. The Hall–Kier alpha value is -3.08. The summed E-state index contributed by atoms with van der Waals surface area (Å²) in [5.41, 5.74) is 8.50. The number of benzene rings is 1. The molecular weight excluding hydrogens is 284 g/mol. The fraction of sp³-hybridized carbons (Fsp3) is 0.286. The van der Waals surface area contributed by atoms with Crippen molar-refractivity contribution in [3.63, 3.8) is 0 Å². The lowest BCUT2D eigenvalue weighted by atomic mass is 10.2. The van der Waals surface area contributed by atoms with Gasteiger partial charge in [0.2, 0.25) is 11.6 Å². The van der Waals surface area contributed by atoms with Gasteiger partial charge >= 0.3 is 0 Å². The monoisotopic (exact) mass is 302 g/mol. The van der Waals surface area contributed by atoms with Crippen molar-refractivity contribution in [1.29, 1.82) is 10.7 Å². The maximum Gasteiger partial charge on any atom is 0.224 e. The Morgan fingerprint density at radius 3 is 2.77 bits per heavy atom. The summed E-state index contributed by atoms with van der Waals surface area (Å²) in [4.78, 5) is 11.7. The number of hydrogen-bond acceptors (Lipinski definition) is 6. The van der Waals surface area contributed by atoms with Crippen molar-refractivity contribution in [2.75, 3.05) is 17.9 Å². The topological polar surface area (TPSA) is 136 Å². The van der Waals surface area contributed by atoms with Crippen LogP contribution in [0.15, 0.2) is 23.3 Å². The maximum absolute atomic E-state index is 11.7. The number of nitrogens with zero attached hydrogens (tertiary/aromatic N) is 2. The van der Waals surface area contributed by atoms with Gasteiger partial charge in [-0.05, 0) is 18.6 Å². The summed E-state index contributed by atoms with van der Waals surface area (Å²) in [5.74, 6) is -0.0336. The van der Waals surface area contributed by atoms with E-state index in [1.54, 1.807) is 24.3 Å². The lowest BCUT2D eigenvalue weighted by Crippen LogP contribution is -2.22. The first-order valence-electron chi connectivity index (χ1n) is 6.57. The van der Waals surface area contributed by atoms with E-state index in [1.807, 2.05) is 6.92 Å². The van der Waals surface area contributed by atoms with Crippen LogP contribution in [-0.4, -0.2) is 24.6 Å². The van der Waals surface area contributed by atoms with Gasteiger partial charge in [-0.15, -0.1) is 0 Å². The van der Waals surface area contributed by atoms with Gasteiger partial charge in [0.1, 0.15) is 11.8 Å². The fourth-order valence-corrected chi connectivity index (χ4v) is 1.55. The van der Waals surface area contributed by atoms with Crippen molar-refractivity contribution in [2.45, 2.75) is 19.8 Å². The molecule has 0 unspecified atom stereocenters. The number of anilines is 2. The van der Waals surface area contributed by atoms with Crippen LogP contribution in [0.2, 0.25) is 0 Å². The van der Waals surface area contributed by atoms with Crippen molar-refractivity contribution in [3.8, 4) is 11.8 Å². The second-order valence-corrected chi connectivity index (χ2v) is 4.31. The van der Waals surface area contributed by atoms with Gasteiger partial charge in [-0.2, -0.15) is 10.4 Å². The summed E-state index contributed by atoms with van der Waals surface area (Å²) in [5, 5.41) is 22.5. The highest BCUT2D eigenvalue weighted by Crippen LogP contribution is 2.27. The Morgan fingerprint density at radius 1 is 1.50 bits per heavy atom. The van der Waals surface area contributed by atoms with Gasteiger partial charge < -0.3 is 15.8 Å². The molecule has 0 fully saturated rings. The molecule has 22 heavy (non-hydrogen) atoms. The van der Waals surface area contributed by atoms with Crippen LogP contribution >= 0.6 is 0 Å². The average Bonchev–Trinajstić information content (AvgIpc) is 2.49. The second kappa shape index (κ2) is 8.26. The minimum Gasteiger partial charge on any atom is -0.497 e. The molecule has 0 aliphatic carbocycles. The van der Waals surface area contributed by atoms with E-state index in [0.717, 1.165) is 6.42 Å². The van der Waals surface area contributed by atoms with E-state index in [2.05, 4.69) is 15.8 Å². The summed E-state index contributed by atoms with van der Waals surface area (Å²) in [6, 6.07) is 6.66. The molecule has 1 rings (SSSR count). The van der Waals surface area contributed by atoms with Gasteiger partial charge in [0, 0.05) is 12.5 Å². The number of carbonyl (C=O) groups is 1. The molecule has 0 atom stereocenters. The van der Waals surface area contributed by atoms with Crippen molar-refractivity contribution >= 4 is 28.8 Å². The van der Waals surface area contributed by atoms with E-state index in [-0.39, 0.29) is 11.6 Å². The number of rotatable bonds is 7. The van der Waals surface area contributed by atoms with Gasteiger partial charge in [0.15, 0.2) is 5.84 Å². The molecule has 0 radical (unpaired) electrons. The van der Waals surface area contributed by atoms with Crippen molar-refractivity contribution in [1.82, 2.24) is 0 Å². The van der Waals surface area contributed by atoms with E-state index in [0.29, 0.717) is 23.5 Å². The molecule has 0 spiro atoms. The SMILES string of the molecule is CCCC(=O)Nc1ccc(OC)cc1N/N=C(\C#N)C(=N)N. The third-order valence-electron chi connectivity index (χ3n) is 2.63. The third-order valence-corrected chi connectivity index (χ3v) is 2.63. The van der Waals surface area contributed by atoms with Crippen molar-refractivity contribution < 1.29 is 9.53 Å². The number of methoxy groups -OCH3 is 1. The van der Waals surface area contributed by atoms with Gasteiger partial charge in [0.25, 0.3) is 0 Å². The summed E-state index contributed by atoms with van der Waals surface area (Å²) in [7, 11) is 1.51. The van der Waals surface area contributed by atoms with Crippen LogP contribution in [0.25, 0.3) is 0 Å². The minimum atomic E-state index is -0.450. The Bertz CT molecular complexity index is 633. The number of nitrogens with one attached hydrogen (secondary N) is 3. The van der Waals surface area contributed by atoms with Crippen molar-refractivity contribution in [3.05, 3.63) is 18.2 Å². The van der Waals surface area contributed by atoms with Crippen LogP contribution in [0.5, 0.6) is 5.75 Å². The molecule has 0 aliphatic heterocycles. The zero-order chi connectivity index (χ0) is 16.5. The molecule has 1 aromatic carbocycles. The van der Waals surface area contributed by atoms with Crippen molar-refractivity contribution in [2.24, 2.45) is 10.8 Å². The summed E-state index contributed by atoms with van der Waals surface area (Å²) >= 11 is 0. The van der Waals surface area contributed by atoms with Crippen LogP contribution in [0.1, 0.15) is 19.8 Å². The molecule has 0 aliphatic rings. The van der Waals surface area contributed by atoms with Gasteiger partial charge in [0.05, 0.1) is 18.5 Å². The summed E-state index contributed by atoms with van der Waals surface area (Å²) < 4.78 is 5.11. The van der Waals surface area contributed by atoms with Crippen LogP contribution in [0.3, 0.4) is 0 Å². The molecule has 8 heteroatoms. The second-order valence-electron chi connectivity index (χ2n) is 4.31. The lowest BCUT2D eigenvalue weighted by Gasteiger charge is -2.12. The van der Waals surface area contributed by atoms with Gasteiger partial charge in [-0.25, -0.2) is 0 Å². The third kappa shape index (κ3) is 4.79. The summed E-state index contributed by atoms with van der Waals surface area (Å²) in [6.07, 6.45) is 1.12. The molecule has 5 N–H and O–H groups in total. The molecular formula is C14H18N6O2. The number of hydrazone groups is 1. The average molecular weight is 302 g/mol. The molecule has 1 aromatic rings. The van der Waals surface area contributed by atoms with E-state index in [9.17, 15) is 4.79 Å². The quantitative estimate of drug-likeness (QED) is 0.345. The number of carbonyl (C=O) groups excluding carboxylic acids is 1. The highest BCUT2D eigenvalue weighted by Gasteiger charge is 2.09. The first kappa shape index (κ1) is 17.0. The van der Waals surface area contributed by atoms with E-state index < -0.39 is 5.84 Å². The number of amidine groups is 1. The Balaban J connectivity index is 3.06. The molecule has 116 valence electrons. The standard InChI is InChI=1S/C14H18N6O2/c1-3-4-13(21)18-10-6-5-9(22-2)7-11(10)19-20-12(8-15)14(16)17/h5-7,19H,3-4H2,1-2H3,(H3,16,17)(H,18,21)/b20-12+. The zero-order valence-electron chi connectivity index (χ0n) is 12.4. The maximum atomic E-state index is 11.7. The molecule has 0 heterocycles. The number of nitrogens with two attached hydrogens (primary N) is 1. The first-order valence-corrected chi connectivity index (χ1v) is 6.57. The van der Waals surface area contributed by atoms with E-state index >= 15 is 0 Å². The highest BCUT2D eigenvalue weighted by molar-refractivity contribution is 6.45. The van der Waals surface area contributed by atoms with Crippen LogP contribution < -0.4 is 21.2 Å². The predicted molar refractivity (Wildman–Crippen MR) is 85.1 cm³/mol. The smallest absolute Gasteiger partial charge is 0.224 e. The minimum absolute atomic E-state index is 0.133. The largest absolute Gasteiger partial charge is 0.497 e. The highest BCUT2D eigenvalue weighted by atomic mass is 16.5. The molecule has 0 saturated heterocycles. The predicted octanol–water partition coefficient (Wildman–Crippen LogP) is 1.66. The normalized spacial score (nSPS) is 10.5.